The smallest absolute Gasteiger partial charge is 0.160 e. The van der Waals surface area contributed by atoms with Gasteiger partial charge in [-0.15, -0.1) is 11.3 Å². The van der Waals surface area contributed by atoms with Crippen molar-refractivity contribution in [2.45, 2.75) is 29.9 Å². The largest absolute Gasteiger partial charge is 0.297 e. The van der Waals surface area contributed by atoms with E-state index in [0.717, 1.165) is 15.4 Å². The zero-order valence-electron chi connectivity index (χ0n) is 10.3. The average molecular weight is 264 g/mol. The van der Waals surface area contributed by atoms with Crippen molar-refractivity contribution in [2.75, 3.05) is 0 Å². The fraction of sp³-hybridized carbons (Fsp3) is 0.214. The van der Waals surface area contributed by atoms with Crippen molar-refractivity contribution in [3.63, 3.8) is 0 Å². The third kappa shape index (κ3) is 4.36. The van der Waals surface area contributed by atoms with Gasteiger partial charge in [0, 0.05) is 4.90 Å². The van der Waals surface area contributed by atoms with Crippen molar-refractivity contribution in [3.8, 4) is 0 Å². The summed E-state index contributed by atoms with van der Waals surface area (Å²) in [6.07, 6.45) is 0.893. The van der Waals surface area contributed by atoms with Crippen LogP contribution in [0.4, 0.5) is 0 Å². The number of hydrogen-bond acceptors (Lipinski definition) is 3. The lowest BCUT2D eigenvalue weighted by molar-refractivity contribution is 0.112. The van der Waals surface area contributed by atoms with Crippen LogP contribution < -0.4 is 0 Å². The predicted molar refractivity (Wildman–Crippen MR) is 76.4 cm³/mol. The first kappa shape index (κ1) is 14.0. The number of benzene rings is 1. The number of carbonyl (C=O) groups excluding carboxylic acids is 1. The minimum atomic E-state index is 0.782. The van der Waals surface area contributed by atoms with E-state index in [2.05, 4.69) is 31.2 Å². The molecule has 1 nitrogen and oxygen atoms in total. The number of rotatable bonds is 3. The normalized spacial score (nSPS) is 9.35. The van der Waals surface area contributed by atoms with Gasteiger partial charge in [0.2, 0.25) is 0 Å². The highest BCUT2D eigenvalue weighted by atomic mass is 32.2. The van der Waals surface area contributed by atoms with Gasteiger partial charge in [-0.05, 0) is 31.2 Å². The van der Waals surface area contributed by atoms with Crippen LogP contribution in [0.25, 0.3) is 0 Å². The summed E-state index contributed by atoms with van der Waals surface area (Å²) in [6.45, 7) is 6.07. The maximum Gasteiger partial charge on any atom is 0.160 e. The molecule has 0 N–H and O–H groups in total. The van der Waals surface area contributed by atoms with Gasteiger partial charge in [0.25, 0.3) is 0 Å². The molecule has 0 amide bonds. The van der Waals surface area contributed by atoms with Crippen molar-refractivity contribution in [1.82, 2.24) is 0 Å². The van der Waals surface area contributed by atoms with E-state index < -0.39 is 0 Å². The Kier molecular flexibility index (Phi) is 6.01. The Balaban J connectivity index is 0.000000686. The zero-order valence-corrected chi connectivity index (χ0v) is 11.9. The van der Waals surface area contributed by atoms with Gasteiger partial charge in [0.05, 0.1) is 9.09 Å². The maximum absolute atomic E-state index is 10.5. The van der Waals surface area contributed by atoms with Gasteiger partial charge >= 0.3 is 0 Å². The van der Waals surface area contributed by atoms with Gasteiger partial charge in [-0.25, -0.2) is 0 Å². The molecule has 0 saturated carbocycles. The summed E-state index contributed by atoms with van der Waals surface area (Å²) >= 11 is 3.22. The SMILES string of the molecule is CC.Cc1ccc(Sc2ccc(C=O)s2)cc1. The van der Waals surface area contributed by atoms with Crippen LogP contribution in [0.2, 0.25) is 0 Å². The molecular formula is C14H16OS2. The third-order valence-electron chi connectivity index (χ3n) is 1.96. The van der Waals surface area contributed by atoms with E-state index in [0.29, 0.717) is 0 Å². The van der Waals surface area contributed by atoms with Gasteiger partial charge in [-0.3, -0.25) is 4.79 Å². The number of carbonyl (C=O) groups is 1. The topological polar surface area (TPSA) is 17.1 Å². The molecule has 1 aromatic carbocycles. The molecule has 0 aliphatic heterocycles. The molecule has 0 fully saturated rings. The highest BCUT2D eigenvalue weighted by Gasteiger charge is 2.01. The maximum atomic E-state index is 10.5. The molecule has 0 radical (unpaired) electrons. The molecule has 0 saturated heterocycles. The van der Waals surface area contributed by atoms with Crippen molar-refractivity contribution >= 4 is 29.4 Å². The Bertz CT molecular complexity index is 457. The van der Waals surface area contributed by atoms with Crippen LogP contribution >= 0.6 is 23.1 Å². The minimum Gasteiger partial charge on any atom is -0.297 e. The summed E-state index contributed by atoms with van der Waals surface area (Å²) < 4.78 is 1.15. The van der Waals surface area contributed by atoms with Crippen LogP contribution in [0.1, 0.15) is 29.1 Å². The minimum absolute atomic E-state index is 0.782. The fourth-order valence-electron chi connectivity index (χ4n) is 1.18. The number of aryl methyl sites for hydroxylation is 1. The van der Waals surface area contributed by atoms with E-state index in [1.54, 1.807) is 11.8 Å². The number of aldehydes is 1. The van der Waals surface area contributed by atoms with E-state index in [1.807, 2.05) is 26.0 Å². The molecule has 2 aromatic rings. The predicted octanol–water partition coefficient (Wildman–Crippen LogP) is 5.05. The second-order valence-electron chi connectivity index (χ2n) is 3.19. The summed E-state index contributed by atoms with van der Waals surface area (Å²) in [4.78, 5) is 12.5. The quantitative estimate of drug-likeness (QED) is 0.722. The van der Waals surface area contributed by atoms with Crippen LogP contribution in [-0.4, -0.2) is 6.29 Å². The van der Waals surface area contributed by atoms with Crippen molar-refractivity contribution in [1.29, 1.82) is 0 Å². The first-order valence-corrected chi connectivity index (χ1v) is 7.21. The summed E-state index contributed by atoms with van der Waals surface area (Å²) in [5.74, 6) is 0. The number of hydrogen-bond donors (Lipinski definition) is 0. The van der Waals surface area contributed by atoms with Crippen molar-refractivity contribution in [3.05, 3.63) is 46.8 Å². The van der Waals surface area contributed by atoms with E-state index in [9.17, 15) is 4.79 Å². The van der Waals surface area contributed by atoms with Crippen molar-refractivity contribution in [2.24, 2.45) is 0 Å². The second-order valence-corrected chi connectivity index (χ2v) is 5.68. The lowest BCUT2D eigenvalue weighted by Crippen LogP contribution is -1.71. The van der Waals surface area contributed by atoms with E-state index in [4.69, 9.17) is 0 Å². The first-order valence-electron chi connectivity index (χ1n) is 5.57. The summed E-state index contributed by atoms with van der Waals surface area (Å²) in [5, 5.41) is 0. The van der Waals surface area contributed by atoms with Crippen LogP contribution in [0.15, 0.2) is 45.5 Å². The molecule has 90 valence electrons. The second kappa shape index (κ2) is 7.30. The van der Waals surface area contributed by atoms with Gasteiger partial charge in [0.15, 0.2) is 6.29 Å². The molecule has 2 rings (SSSR count). The Morgan fingerprint density at radius 3 is 2.24 bits per heavy atom. The lowest BCUT2D eigenvalue weighted by Gasteiger charge is -1.98. The Morgan fingerprint density at radius 2 is 1.71 bits per heavy atom. The van der Waals surface area contributed by atoms with Gasteiger partial charge < -0.3 is 0 Å². The molecule has 17 heavy (non-hydrogen) atoms. The molecule has 0 spiro atoms. The molecule has 1 aromatic heterocycles. The molecule has 0 aliphatic rings. The summed E-state index contributed by atoms with van der Waals surface area (Å²) in [5.41, 5.74) is 1.26. The van der Waals surface area contributed by atoms with Gasteiger partial charge in [-0.2, -0.15) is 0 Å². The Labute approximate surface area is 111 Å². The molecule has 1 heterocycles. The highest BCUT2D eigenvalue weighted by molar-refractivity contribution is 8.01. The van der Waals surface area contributed by atoms with Gasteiger partial charge in [0.1, 0.15) is 0 Å². The molecule has 0 unspecified atom stereocenters. The molecule has 0 bridgehead atoms. The zero-order chi connectivity index (χ0) is 12.7. The summed E-state index contributed by atoms with van der Waals surface area (Å²) in [7, 11) is 0. The number of thiophene rings is 1. The van der Waals surface area contributed by atoms with E-state index >= 15 is 0 Å². The fourth-order valence-corrected chi connectivity index (χ4v) is 3.11. The van der Waals surface area contributed by atoms with Gasteiger partial charge in [-0.1, -0.05) is 43.3 Å². The average Bonchev–Trinajstić information content (AvgIpc) is 2.82. The highest BCUT2D eigenvalue weighted by Crippen LogP contribution is 2.32. The third-order valence-corrected chi connectivity index (χ3v) is 4.11. The standard InChI is InChI=1S/C12H10OS2.C2H6/c1-9-2-4-10(5-3-9)14-12-7-6-11(8-13)15-12;1-2/h2-8H,1H3;1-2H3. The van der Waals surface area contributed by atoms with Crippen LogP contribution in [0, 0.1) is 6.92 Å². The Hall–Kier alpha value is -1.06. The Morgan fingerprint density at radius 1 is 1.06 bits per heavy atom. The monoisotopic (exact) mass is 264 g/mol. The van der Waals surface area contributed by atoms with Crippen LogP contribution in [-0.2, 0) is 0 Å². The summed E-state index contributed by atoms with van der Waals surface area (Å²) in [6, 6.07) is 12.2. The van der Waals surface area contributed by atoms with Crippen LogP contribution in [0.3, 0.4) is 0 Å². The molecule has 0 aliphatic carbocycles. The van der Waals surface area contributed by atoms with E-state index in [-0.39, 0.29) is 0 Å². The molecular weight excluding hydrogens is 248 g/mol. The van der Waals surface area contributed by atoms with Crippen molar-refractivity contribution < 1.29 is 4.79 Å². The van der Waals surface area contributed by atoms with E-state index in [1.165, 1.54) is 21.8 Å². The molecule has 3 heteroatoms. The lowest BCUT2D eigenvalue weighted by atomic mass is 10.2. The molecule has 0 atom stereocenters. The first-order chi connectivity index (χ1) is 8.28. The van der Waals surface area contributed by atoms with Crippen LogP contribution in [0.5, 0.6) is 0 Å².